The van der Waals surface area contributed by atoms with Crippen LogP contribution in [0.15, 0.2) is 72.3 Å². The Kier molecular flexibility index (Phi) is 4.42. The molecule has 3 aromatic carbocycles. The van der Waals surface area contributed by atoms with Gasteiger partial charge in [-0.15, -0.1) is 0 Å². The second-order valence-corrected chi connectivity index (χ2v) is 8.50. The van der Waals surface area contributed by atoms with Crippen LogP contribution in [0.5, 0.6) is 0 Å². The van der Waals surface area contributed by atoms with Crippen LogP contribution in [0.25, 0.3) is 16.7 Å². The van der Waals surface area contributed by atoms with E-state index in [0.29, 0.717) is 0 Å². The summed E-state index contributed by atoms with van der Waals surface area (Å²) in [5.74, 6) is 0. The van der Waals surface area contributed by atoms with Gasteiger partial charge in [-0.2, -0.15) is 0 Å². The van der Waals surface area contributed by atoms with Crippen molar-refractivity contribution < 1.29 is 0 Å². The monoisotopic (exact) mass is 402 g/mol. The highest BCUT2D eigenvalue weighted by molar-refractivity contribution is 6.31. The quantitative estimate of drug-likeness (QED) is 0.404. The largest absolute Gasteiger partial charge is 0.0843 e. The molecule has 0 bridgehead atoms. The summed E-state index contributed by atoms with van der Waals surface area (Å²) in [6, 6.07) is 23.4. The molecule has 0 N–H and O–H groups in total. The average molecular weight is 403 g/mol. The predicted octanol–water partition coefficient (Wildman–Crippen LogP) is 8.21. The van der Waals surface area contributed by atoms with Crippen LogP contribution < -0.4 is 0 Å². The van der Waals surface area contributed by atoms with Gasteiger partial charge in [-0.05, 0) is 95.0 Å². The Bertz CT molecular complexity index is 1130. The highest BCUT2D eigenvalue weighted by Crippen LogP contribution is 2.53. The van der Waals surface area contributed by atoms with Gasteiger partial charge in [-0.3, -0.25) is 0 Å². The van der Waals surface area contributed by atoms with Gasteiger partial charge < -0.3 is 0 Å². The fourth-order valence-electron chi connectivity index (χ4n) is 4.54. The molecule has 3 aromatic rings. The molecule has 5 rings (SSSR count). The van der Waals surface area contributed by atoms with E-state index in [1.807, 2.05) is 18.2 Å². The Morgan fingerprint density at radius 1 is 0.607 bits per heavy atom. The van der Waals surface area contributed by atoms with Gasteiger partial charge in [0.25, 0.3) is 0 Å². The number of hydrogen-bond donors (Lipinski definition) is 0. The Morgan fingerprint density at radius 2 is 1.25 bits per heavy atom. The number of rotatable bonds is 2. The minimum absolute atomic E-state index is 0.762. The number of benzene rings is 3. The van der Waals surface area contributed by atoms with Gasteiger partial charge in [0.05, 0.1) is 0 Å². The van der Waals surface area contributed by atoms with Gasteiger partial charge in [0.15, 0.2) is 0 Å². The zero-order chi connectivity index (χ0) is 19.3. The van der Waals surface area contributed by atoms with E-state index in [1.165, 1.54) is 56.5 Å². The molecule has 0 fully saturated rings. The molecule has 0 atom stereocenters. The second-order valence-electron chi connectivity index (χ2n) is 7.62. The average Bonchev–Trinajstić information content (AvgIpc) is 3.03. The molecule has 0 radical (unpaired) electrons. The lowest BCUT2D eigenvalue weighted by atomic mass is 9.82. The molecule has 2 heteroatoms. The minimum atomic E-state index is 0.762. The van der Waals surface area contributed by atoms with Crippen molar-refractivity contribution in [3.8, 4) is 0 Å². The van der Waals surface area contributed by atoms with Crippen molar-refractivity contribution in [3.05, 3.63) is 110 Å². The summed E-state index contributed by atoms with van der Waals surface area (Å²) < 4.78 is 0. The molecule has 0 unspecified atom stereocenters. The van der Waals surface area contributed by atoms with Crippen LogP contribution in [0.1, 0.15) is 47.1 Å². The third kappa shape index (κ3) is 2.92. The van der Waals surface area contributed by atoms with Crippen LogP contribution in [-0.4, -0.2) is 0 Å². The summed E-state index contributed by atoms with van der Waals surface area (Å²) in [6.07, 6.45) is 3.37. The highest BCUT2D eigenvalue weighted by Gasteiger charge is 2.32. The first-order valence-corrected chi connectivity index (χ1v) is 10.5. The first-order chi connectivity index (χ1) is 13.6. The standard InChI is InChI=1S/C26H20Cl2/c1-16-5-7-17(8-6-16)21-3-2-4-23-25(18-9-11-19(27)12-10-18)24-15-20(28)13-14-22(24)26(21)23/h5-15H,2-4H2,1H3. The molecule has 138 valence electrons. The lowest BCUT2D eigenvalue weighted by Gasteiger charge is -2.22. The normalized spacial score (nSPS) is 15.7. The zero-order valence-electron chi connectivity index (χ0n) is 15.7. The van der Waals surface area contributed by atoms with E-state index in [0.717, 1.165) is 22.9 Å². The van der Waals surface area contributed by atoms with E-state index in [-0.39, 0.29) is 0 Å². The van der Waals surface area contributed by atoms with Crippen molar-refractivity contribution >= 4 is 39.9 Å². The van der Waals surface area contributed by atoms with Crippen molar-refractivity contribution in [2.45, 2.75) is 26.2 Å². The number of hydrogen-bond acceptors (Lipinski definition) is 0. The first kappa shape index (κ1) is 17.8. The summed E-state index contributed by atoms with van der Waals surface area (Å²) in [5.41, 5.74) is 12.0. The Hall–Kier alpha value is -2.28. The predicted molar refractivity (Wildman–Crippen MR) is 121 cm³/mol. The van der Waals surface area contributed by atoms with Crippen molar-refractivity contribution in [2.24, 2.45) is 0 Å². The molecule has 0 heterocycles. The van der Waals surface area contributed by atoms with Gasteiger partial charge in [-0.1, -0.05) is 71.2 Å². The van der Waals surface area contributed by atoms with Crippen LogP contribution in [-0.2, 0) is 0 Å². The fraction of sp³-hybridized carbons (Fsp3) is 0.154. The van der Waals surface area contributed by atoms with E-state index in [1.54, 1.807) is 0 Å². The van der Waals surface area contributed by atoms with Crippen LogP contribution in [0.2, 0.25) is 10.0 Å². The lowest BCUT2D eigenvalue weighted by Crippen LogP contribution is -2.00. The van der Waals surface area contributed by atoms with Gasteiger partial charge in [0.2, 0.25) is 0 Å². The van der Waals surface area contributed by atoms with Crippen molar-refractivity contribution in [1.29, 1.82) is 0 Å². The Morgan fingerprint density at radius 3 is 2.00 bits per heavy atom. The molecule has 0 saturated carbocycles. The van der Waals surface area contributed by atoms with E-state index in [4.69, 9.17) is 23.2 Å². The molecule has 0 aliphatic heterocycles. The zero-order valence-corrected chi connectivity index (χ0v) is 17.2. The topological polar surface area (TPSA) is 0 Å². The minimum Gasteiger partial charge on any atom is -0.0843 e. The molecule has 0 amide bonds. The molecule has 2 aliphatic carbocycles. The maximum absolute atomic E-state index is 6.41. The van der Waals surface area contributed by atoms with Crippen LogP contribution in [0, 0.1) is 6.92 Å². The third-order valence-electron chi connectivity index (χ3n) is 5.81. The molecule has 0 aromatic heterocycles. The maximum Gasteiger partial charge on any atom is 0.0412 e. The summed E-state index contributed by atoms with van der Waals surface area (Å²) in [7, 11) is 0. The van der Waals surface area contributed by atoms with Gasteiger partial charge >= 0.3 is 0 Å². The van der Waals surface area contributed by atoms with Gasteiger partial charge in [0.1, 0.15) is 0 Å². The molecule has 28 heavy (non-hydrogen) atoms. The van der Waals surface area contributed by atoms with Crippen LogP contribution in [0.4, 0.5) is 0 Å². The molecule has 2 aliphatic rings. The van der Waals surface area contributed by atoms with E-state index < -0.39 is 0 Å². The molecular weight excluding hydrogens is 383 g/mol. The van der Waals surface area contributed by atoms with Gasteiger partial charge in [0, 0.05) is 10.0 Å². The number of halogens is 2. The van der Waals surface area contributed by atoms with E-state index >= 15 is 0 Å². The van der Waals surface area contributed by atoms with Gasteiger partial charge in [-0.25, -0.2) is 0 Å². The lowest BCUT2D eigenvalue weighted by molar-refractivity contribution is 0.845. The van der Waals surface area contributed by atoms with Crippen molar-refractivity contribution in [2.75, 3.05) is 0 Å². The highest BCUT2D eigenvalue weighted by atomic mass is 35.5. The fourth-order valence-corrected chi connectivity index (χ4v) is 4.84. The Labute approximate surface area is 176 Å². The van der Waals surface area contributed by atoms with Crippen LogP contribution >= 0.6 is 23.2 Å². The molecule has 0 nitrogen and oxygen atoms in total. The molecule has 0 spiro atoms. The van der Waals surface area contributed by atoms with Crippen molar-refractivity contribution in [1.82, 2.24) is 0 Å². The number of allylic oxidation sites excluding steroid dienone is 3. The van der Waals surface area contributed by atoms with Crippen LogP contribution in [0.3, 0.4) is 0 Å². The first-order valence-electron chi connectivity index (χ1n) is 9.72. The number of fused-ring (bicyclic) bond motifs is 3. The summed E-state index contributed by atoms with van der Waals surface area (Å²) in [4.78, 5) is 0. The smallest absolute Gasteiger partial charge is 0.0412 e. The third-order valence-corrected chi connectivity index (χ3v) is 6.30. The summed E-state index contributed by atoms with van der Waals surface area (Å²) >= 11 is 12.6. The van der Waals surface area contributed by atoms with E-state index in [2.05, 4.69) is 55.5 Å². The summed E-state index contributed by atoms with van der Waals surface area (Å²) in [6.45, 7) is 2.14. The summed E-state index contributed by atoms with van der Waals surface area (Å²) in [5, 5.41) is 1.54. The molecular formula is C26H20Cl2. The Balaban J connectivity index is 1.81. The number of aryl methyl sites for hydroxylation is 1. The van der Waals surface area contributed by atoms with Crippen molar-refractivity contribution in [3.63, 3.8) is 0 Å². The second kappa shape index (κ2) is 6.95. The SMILES string of the molecule is Cc1ccc(C2=C3C(=C(c4ccc(Cl)cc4)c4cc(Cl)ccc43)CCC2)cc1. The van der Waals surface area contributed by atoms with E-state index in [9.17, 15) is 0 Å². The molecule has 0 saturated heterocycles. The maximum atomic E-state index is 6.41.